The maximum atomic E-state index is 12.5. The molecule has 0 radical (unpaired) electrons. The third kappa shape index (κ3) is 2.03. The van der Waals surface area contributed by atoms with Crippen LogP contribution in [0, 0.1) is 0 Å². The summed E-state index contributed by atoms with van der Waals surface area (Å²) < 4.78 is 39.2. The van der Waals surface area contributed by atoms with Crippen molar-refractivity contribution in [1.82, 2.24) is 0 Å². The van der Waals surface area contributed by atoms with Crippen molar-refractivity contribution >= 4 is 17.5 Å². The molecule has 0 unspecified atom stereocenters. The predicted octanol–water partition coefficient (Wildman–Crippen LogP) is 3.43. The van der Waals surface area contributed by atoms with E-state index in [1.807, 2.05) is 0 Å². The van der Waals surface area contributed by atoms with Gasteiger partial charge in [0.1, 0.15) is 0 Å². The SMILES string of the molecule is C=CC[N+]1=C/C(=C(/O)C(F)(F)F)c2ccccc21. The van der Waals surface area contributed by atoms with Crippen LogP contribution in [-0.4, -0.2) is 28.6 Å². The molecule has 0 spiro atoms. The number of aliphatic hydroxyl groups excluding tert-OH is 1. The Morgan fingerprint density at radius 2 is 2.00 bits per heavy atom. The van der Waals surface area contributed by atoms with Crippen molar-refractivity contribution in [3.05, 3.63) is 48.2 Å². The maximum Gasteiger partial charge on any atom is 0.449 e. The minimum absolute atomic E-state index is 0.208. The number of halogens is 3. The van der Waals surface area contributed by atoms with Crippen molar-refractivity contribution in [2.75, 3.05) is 6.54 Å². The molecule has 1 N–H and O–H groups in total. The van der Waals surface area contributed by atoms with Crippen LogP contribution in [0.15, 0.2) is 42.7 Å². The Bertz CT molecular complexity index is 556. The Hall–Kier alpha value is -2.04. The van der Waals surface area contributed by atoms with Crippen LogP contribution in [0.2, 0.25) is 0 Å². The molecule has 1 aromatic carbocycles. The Kier molecular flexibility index (Phi) is 2.98. The van der Waals surface area contributed by atoms with Gasteiger partial charge >= 0.3 is 6.18 Å². The second-order valence-corrected chi connectivity index (χ2v) is 3.85. The molecule has 2 rings (SSSR count). The van der Waals surface area contributed by atoms with Gasteiger partial charge in [0.15, 0.2) is 12.8 Å². The maximum absolute atomic E-state index is 12.5. The van der Waals surface area contributed by atoms with Gasteiger partial charge in [0.05, 0.1) is 11.1 Å². The summed E-state index contributed by atoms with van der Waals surface area (Å²) >= 11 is 0. The van der Waals surface area contributed by atoms with Gasteiger partial charge in [-0.1, -0.05) is 18.7 Å². The Labute approximate surface area is 102 Å². The molecule has 0 bridgehead atoms. The summed E-state index contributed by atoms with van der Waals surface area (Å²) in [6.07, 6.45) is -1.88. The van der Waals surface area contributed by atoms with E-state index < -0.39 is 11.9 Å². The number of aliphatic hydroxyl groups is 1. The van der Waals surface area contributed by atoms with Gasteiger partial charge in [0.25, 0.3) is 0 Å². The number of benzene rings is 1. The van der Waals surface area contributed by atoms with Crippen LogP contribution in [0.25, 0.3) is 5.57 Å². The van der Waals surface area contributed by atoms with Gasteiger partial charge in [-0.15, -0.1) is 0 Å². The summed E-state index contributed by atoms with van der Waals surface area (Å²) in [6, 6.07) is 6.61. The molecule has 0 fully saturated rings. The lowest BCUT2D eigenvalue weighted by Gasteiger charge is -2.05. The lowest BCUT2D eigenvalue weighted by atomic mass is 10.1. The zero-order valence-electron chi connectivity index (χ0n) is 9.41. The highest BCUT2D eigenvalue weighted by Gasteiger charge is 2.40. The number of hydrogen-bond acceptors (Lipinski definition) is 1. The first-order valence-corrected chi connectivity index (χ1v) is 5.27. The molecule has 1 aliphatic rings. The normalized spacial score (nSPS) is 17.2. The first-order chi connectivity index (χ1) is 8.45. The number of nitrogens with zero attached hydrogens (tertiary/aromatic N) is 1. The largest absolute Gasteiger partial charge is 0.504 e. The highest BCUT2D eigenvalue weighted by atomic mass is 19.4. The predicted molar refractivity (Wildman–Crippen MR) is 63.1 cm³/mol. The molecule has 0 atom stereocenters. The van der Waals surface area contributed by atoms with E-state index in [0.717, 1.165) is 0 Å². The molecule has 5 heteroatoms. The van der Waals surface area contributed by atoms with E-state index in [9.17, 15) is 18.3 Å². The summed E-state index contributed by atoms with van der Waals surface area (Å²) in [6.45, 7) is 3.93. The van der Waals surface area contributed by atoms with E-state index in [2.05, 4.69) is 6.58 Å². The van der Waals surface area contributed by atoms with Crippen molar-refractivity contribution < 1.29 is 22.9 Å². The Balaban J connectivity index is 2.62. The lowest BCUT2D eigenvalue weighted by Crippen LogP contribution is -2.13. The fourth-order valence-corrected chi connectivity index (χ4v) is 1.88. The average Bonchev–Trinajstić information content (AvgIpc) is 2.67. The van der Waals surface area contributed by atoms with E-state index in [1.165, 1.54) is 6.21 Å². The average molecular weight is 254 g/mol. The molecule has 0 aliphatic carbocycles. The number of hydrogen-bond donors (Lipinski definition) is 1. The second kappa shape index (κ2) is 4.33. The summed E-state index contributed by atoms with van der Waals surface area (Å²) in [5.74, 6) is -1.57. The summed E-state index contributed by atoms with van der Waals surface area (Å²) in [5, 5.41) is 9.29. The molecule has 0 saturated heterocycles. The minimum atomic E-state index is -4.75. The van der Waals surface area contributed by atoms with E-state index >= 15 is 0 Å². The molecular formula is C13H11F3NO+. The van der Waals surface area contributed by atoms with E-state index in [4.69, 9.17) is 0 Å². The van der Waals surface area contributed by atoms with E-state index in [-0.39, 0.29) is 5.57 Å². The zero-order valence-corrected chi connectivity index (χ0v) is 9.41. The van der Waals surface area contributed by atoms with Crippen molar-refractivity contribution in [1.29, 1.82) is 0 Å². The standard InChI is InChI=1S/C13H10F3NO/c1-2-7-17-8-10(12(18)13(14,15)16)9-5-3-4-6-11(9)17/h2-6,8H,1,7H2/p+1. The fraction of sp³-hybridized carbons (Fsp3) is 0.154. The molecule has 94 valence electrons. The topological polar surface area (TPSA) is 23.2 Å². The lowest BCUT2D eigenvalue weighted by molar-refractivity contribution is -0.419. The number of alkyl halides is 3. The van der Waals surface area contributed by atoms with Crippen LogP contribution in [-0.2, 0) is 0 Å². The van der Waals surface area contributed by atoms with Gasteiger partial charge in [0, 0.05) is 6.07 Å². The summed E-state index contributed by atoms with van der Waals surface area (Å²) in [4.78, 5) is 0. The van der Waals surface area contributed by atoms with Crippen molar-refractivity contribution in [3.63, 3.8) is 0 Å². The Morgan fingerprint density at radius 3 is 2.61 bits per heavy atom. The van der Waals surface area contributed by atoms with E-state index in [1.54, 1.807) is 34.9 Å². The fourth-order valence-electron chi connectivity index (χ4n) is 1.88. The number of rotatable bonds is 2. The first kappa shape index (κ1) is 12.4. The van der Waals surface area contributed by atoms with Gasteiger partial charge in [-0.3, -0.25) is 0 Å². The molecular weight excluding hydrogens is 243 g/mol. The quantitative estimate of drug-likeness (QED) is 0.488. The van der Waals surface area contributed by atoms with Gasteiger partial charge in [0.2, 0.25) is 11.4 Å². The molecule has 1 aromatic rings. The van der Waals surface area contributed by atoms with Crippen LogP contribution in [0.5, 0.6) is 0 Å². The molecule has 1 aliphatic heterocycles. The molecule has 0 amide bonds. The van der Waals surface area contributed by atoms with Gasteiger partial charge in [-0.25, -0.2) is 0 Å². The molecule has 1 heterocycles. The van der Waals surface area contributed by atoms with Crippen LogP contribution < -0.4 is 0 Å². The number of fused-ring (bicyclic) bond motifs is 1. The minimum Gasteiger partial charge on any atom is -0.504 e. The number of para-hydroxylation sites is 1. The highest BCUT2D eigenvalue weighted by Crippen LogP contribution is 2.36. The monoisotopic (exact) mass is 254 g/mol. The smallest absolute Gasteiger partial charge is 0.449 e. The summed E-state index contributed by atoms with van der Waals surface area (Å²) in [5.41, 5.74) is 0.789. The van der Waals surface area contributed by atoms with Gasteiger partial charge < -0.3 is 5.11 Å². The van der Waals surface area contributed by atoms with Crippen LogP contribution in [0.4, 0.5) is 18.9 Å². The third-order valence-corrected chi connectivity index (χ3v) is 2.64. The van der Waals surface area contributed by atoms with Crippen LogP contribution >= 0.6 is 0 Å². The summed E-state index contributed by atoms with van der Waals surface area (Å²) in [7, 11) is 0. The van der Waals surface area contributed by atoms with Crippen molar-refractivity contribution in [3.8, 4) is 0 Å². The zero-order chi connectivity index (χ0) is 13.3. The number of allylic oxidation sites excluding steroid dienone is 2. The second-order valence-electron chi connectivity index (χ2n) is 3.85. The first-order valence-electron chi connectivity index (χ1n) is 5.27. The van der Waals surface area contributed by atoms with Crippen LogP contribution in [0.3, 0.4) is 0 Å². The molecule has 18 heavy (non-hydrogen) atoms. The van der Waals surface area contributed by atoms with Gasteiger partial charge in [-0.05, 0) is 12.1 Å². The van der Waals surface area contributed by atoms with Crippen molar-refractivity contribution in [2.24, 2.45) is 0 Å². The van der Waals surface area contributed by atoms with Gasteiger partial charge in [-0.2, -0.15) is 17.7 Å². The highest BCUT2D eigenvalue weighted by molar-refractivity contribution is 6.13. The Morgan fingerprint density at radius 1 is 1.33 bits per heavy atom. The molecule has 0 aromatic heterocycles. The van der Waals surface area contributed by atoms with E-state index in [0.29, 0.717) is 17.8 Å². The molecule has 0 saturated carbocycles. The van der Waals surface area contributed by atoms with Crippen molar-refractivity contribution in [2.45, 2.75) is 6.18 Å². The molecule has 2 nitrogen and oxygen atoms in total. The third-order valence-electron chi connectivity index (χ3n) is 2.64. The van der Waals surface area contributed by atoms with Crippen LogP contribution in [0.1, 0.15) is 5.56 Å².